The Hall–Kier alpha value is -0.120. The molecule has 0 unspecified atom stereocenters. The van der Waals surface area contributed by atoms with Crippen LogP contribution in [0.2, 0.25) is 0 Å². The summed E-state index contributed by atoms with van der Waals surface area (Å²) < 4.78 is 0. The van der Waals surface area contributed by atoms with Crippen LogP contribution >= 0.6 is 0 Å². The Bertz CT molecular complexity index is 547. The molecule has 0 amide bonds. The van der Waals surface area contributed by atoms with Crippen molar-refractivity contribution in [2.24, 2.45) is 34.0 Å². The van der Waals surface area contributed by atoms with E-state index in [1.165, 1.54) is 19.3 Å². The second-order valence-electron chi connectivity index (χ2n) is 10.9. The lowest BCUT2D eigenvalue weighted by molar-refractivity contribution is -0.203. The number of hydrogen-bond acceptors (Lipinski definition) is 3. The molecule has 0 aliphatic heterocycles. The maximum atomic E-state index is 11.3. The molecule has 0 aromatic carbocycles. The molecule has 3 N–H and O–H groups in total. The van der Waals surface area contributed by atoms with Crippen LogP contribution in [0.3, 0.4) is 0 Å². The highest BCUT2D eigenvalue weighted by Crippen LogP contribution is 2.71. The van der Waals surface area contributed by atoms with E-state index in [0.29, 0.717) is 23.2 Å². The van der Waals surface area contributed by atoms with Gasteiger partial charge in [-0.3, -0.25) is 0 Å². The fourth-order valence-electron chi connectivity index (χ4n) is 8.35. The van der Waals surface area contributed by atoms with Gasteiger partial charge in [0.05, 0.1) is 17.8 Å². The zero-order valence-electron chi connectivity index (χ0n) is 16.6. The van der Waals surface area contributed by atoms with Crippen molar-refractivity contribution in [2.45, 2.75) is 103 Å². The minimum Gasteiger partial charge on any atom is -0.393 e. The van der Waals surface area contributed by atoms with E-state index in [1.54, 1.807) is 6.92 Å². The summed E-state index contributed by atoms with van der Waals surface area (Å²) in [5.74, 6) is 1.94. The molecule has 4 saturated carbocycles. The van der Waals surface area contributed by atoms with Crippen LogP contribution in [0.4, 0.5) is 0 Å². The standard InChI is InChI=1S/C22H38O3/c1-14(23)22(25)12-8-18-16-6-9-19(2)13-15(24)5-10-20(19,3)17(16)7-11-21(18,22)4/h14-18,23-25H,5-13H2,1-4H3/t14-,15+,16+,17-,18+,19+,20+,21+,22-/m0/s1. The lowest BCUT2D eigenvalue weighted by Crippen LogP contribution is -2.61. The Morgan fingerprint density at radius 3 is 2.12 bits per heavy atom. The fourth-order valence-corrected chi connectivity index (χ4v) is 8.35. The van der Waals surface area contributed by atoms with Crippen LogP contribution < -0.4 is 0 Å². The highest BCUT2D eigenvalue weighted by Gasteiger charge is 2.67. The maximum absolute atomic E-state index is 11.3. The maximum Gasteiger partial charge on any atom is 0.0958 e. The van der Waals surface area contributed by atoms with Gasteiger partial charge in [0.1, 0.15) is 0 Å². The van der Waals surface area contributed by atoms with Crippen LogP contribution in [0.25, 0.3) is 0 Å². The second kappa shape index (κ2) is 5.45. The lowest BCUT2D eigenvalue weighted by Gasteiger charge is -2.65. The second-order valence-corrected chi connectivity index (χ2v) is 10.9. The number of hydrogen-bond donors (Lipinski definition) is 3. The van der Waals surface area contributed by atoms with Crippen molar-refractivity contribution in [1.29, 1.82) is 0 Å². The van der Waals surface area contributed by atoms with Crippen molar-refractivity contribution in [3.63, 3.8) is 0 Å². The van der Waals surface area contributed by atoms with E-state index < -0.39 is 11.7 Å². The first-order chi connectivity index (χ1) is 11.6. The van der Waals surface area contributed by atoms with Gasteiger partial charge in [-0.2, -0.15) is 0 Å². The van der Waals surface area contributed by atoms with Crippen molar-refractivity contribution in [3.8, 4) is 0 Å². The Morgan fingerprint density at radius 1 is 0.840 bits per heavy atom. The van der Waals surface area contributed by atoms with Crippen molar-refractivity contribution in [3.05, 3.63) is 0 Å². The predicted molar refractivity (Wildman–Crippen MR) is 99.0 cm³/mol. The summed E-state index contributed by atoms with van der Waals surface area (Å²) in [7, 11) is 0. The van der Waals surface area contributed by atoms with Gasteiger partial charge in [-0.15, -0.1) is 0 Å². The Kier molecular flexibility index (Phi) is 3.98. The summed E-state index contributed by atoms with van der Waals surface area (Å²) in [4.78, 5) is 0. The monoisotopic (exact) mass is 350 g/mol. The summed E-state index contributed by atoms with van der Waals surface area (Å²) in [6.07, 6.45) is 8.78. The quantitative estimate of drug-likeness (QED) is 0.672. The third-order valence-corrected chi connectivity index (χ3v) is 10.3. The third-order valence-electron chi connectivity index (χ3n) is 10.3. The minimum absolute atomic E-state index is 0.115. The normalized spacial score (nSPS) is 59.6. The zero-order valence-corrected chi connectivity index (χ0v) is 16.6. The van der Waals surface area contributed by atoms with Gasteiger partial charge in [0.15, 0.2) is 0 Å². The Labute approximate surface area is 153 Å². The molecule has 3 nitrogen and oxygen atoms in total. The summed E-state index contributed by atoms with van der Waals surface area (Å²) in [5.41, 5.74) is -0.464. The molecule has 0 radical (unpaired) electrons. The van der Waals surface area contributed by atoms with Gasteiger partial charge in [-0.05, 0) is 93.3 Å². The smallest absolute Gasteiger partial charge is 0.0958 e. The summed E-state index contributed by atoms with van der Waals surface area (Å²) in [6, 6.07) is 0. The first-order valence-electron chi connectivity index (χ1n) is 10.7. The Balaban J connectivity index is 1.67. The molecular weight excluding hydrogens is 312 g/mol. The van der Waals surface area contributed by atoms with Gasteiger partial charge in [0.25, 0.3) is 0 Å². The molecule has 3 heteroatoms. The molecule has 0 heterocycles. The largest absolute Gasteiger partial charge is 0.393 e. The SMILES string of the molecule is C[C@H](O)[C@@]1(O)CC[C@@H]2[C@@H]3CC[C@]4(C)C[C@H](O)CC[C@]4(C)[C@H]3CC[C@]21C. The number of aliphatic hydroxyl groups excluding tert-OH is 2. The van der Waals surface area contributed by atoms with Gasteiger partial charge < -0.3 is 15.3 Å². The first kappa shape index (κ1) is 18.3. The summed E-state index contributed by atoms with van der Waals surface area (Å²) in [6.45, 7) is 8.98. The average molecular weight is 351 g/mol. The van der Waals surface area contributed by atoms with Crippen LogP contribution in [0.5, 0.6) is 0 Å². The van der Waals surface area contributed by atoms with Gasteiger partial charge in [0, 0.05) is 5.41 Å². The number of fused-ring (bicyclic) bond motifs is 5. The molecule has 4 rings (SSSR count). The Morgan fingerprint density at radius 2 is 1.44 bits per heavy atom. The van der Waals surface area contributed by atoms with E-state index >= 15 is 0 Å². The fraction of sp³-hybridized carbons (Fsp3) is 1.00. The molecule has 0 aromatic rings. The van der Waals surface area contributed by atoms with Gasteiger partial charge in [-0.1, -0.05) is 20.8 Å². The topological polar surface area (TPSA) is 60.7 Å². The van der Waals surface area contributed by atoms with Crippen LogP contribution in [0, 0.1) is 34.0 Å². The van der Waals surface area contributed by atoms with Gasteiger partial charge in [0.2, 0.25) is 0 Å². The highest BCUT2D eigenvalue weighted by atomic mass is 16.3. The van der Waals surface area contributed by atoms with E-state index in [9.17, 15) is 15.3 Å². The van der Waals surface area contributed by atoms with E-state index in [2.05, 4.69) is 20.8 Å². The molecule has 4 aliphatic carbocycles. The van der Waals surface area contributed by atoms with Crippen molar-refractivity contribution >= 4 is 0 Å². The molecule has 0 spiro atoms. The number of rotatable bonds is 1. The van der Waals surface area contributed by atoms with Crippen LogP contribution in [-0.4, -0.2) is 33.1 Å². The first-order valence-corrected chi connectivity index (χ1v) is 10.7. The molecule has 144 valence electrons. The number of aliphatic hydroxyl groups is 3. The van der Waals surface area contributed by atoms with Crippen LogP contribution in [0.15, 0.2) is 0 Å². The van der Waals surface area contributed by atoms with E-state index in [0.717, 1.165) is 38.5 Å². The van der Waals surface area contributed by atoms with Gasteiger partial charge >= 0.3 is 0 Å². The molecule has 0 bridgehead atoms. The molecular formula is C22H38O3. The van der Waals surface area contributed by atoms with Crippen molar-refractivity contribution in [1.82, 2.24) is 0 Å². The van der Waals surface area contributed by atoms with Crippen LogP contribution in [-0.2, 0) is 0 Å². The zero-order chi connectivity index (χ0) is 18.3. The lowest BCUT2D eigenvalue weighted by atomic mass is 9.40. The van der Waals surface area contributed by atoms with E-state index in [4.69, 9.17) is 0 Å². The highest BCUT2D eigenvalue weighted by molar-refractivity contribution is 5.16. The molecule has 0 aromatic heterocycles. The van der Waals surface area contributed by atoms with Gasteiger partial charge in [-0.25, -0.2) is 0 Å². The van der Waals surface area contributed by atoms with Crippen molar-refractivity contribution in [2.75, 3.05) is 0 Å². The minimum atomic E-state index is -0.910. The predicted octanol–water partition coefficient (Wildman–Crippen LogP) is 3.89. The van der Waals surface area contributed by atoms with E-state index in [1.807, 2.05) is 0 Å². The molecule has 9 atom stereocenters. The van der Waals surface area contributed by atoms with E-state index in [-0.39, 0.29) is 16.9 Å². The summed E-state index contributed by atoms with van der Waals surface area (Å²) in [5, 5.41) is 31.9. The molecule has 4 fully saturated rings. The molecule has 4 aliphatic rings. The van der Waals surface area contributed by atoms with Crippen molar-refractivity contribution < 1.29 is 15.3 Å². The third kappa shape index (κ3) is 2.15. The average Bonchev–Trinajstić information content (AvgIpc) is 2.82. The summed E-state index contributed by atoms with van der Waals surface area (Å²) >= 11 is 0. The molecule has 25 heavy (non-hydrogen) atoms. The van der Waals surface area contributed by atoms with Crippen LogP contribution in [0.1, 0.15) is 85.5 Å². The molecule has 0 saturated heterocycles.